The smallest absolute Gasteiger partial charge is 0.0216 e. The Bertz CT molecular complexity index is 241. The maximum atomic E-state index is 2.33. The quantitative estimate of drug-likeness (QED) is 0.492. The lowest BCUT2D eigenvalue weighted by Gasteiger charge is -2.19. The van der Waals surface area contributed by atoms with Crippen molar-refractivity contribution in [2.75, 3.05) is 0 Å². The van der Waals surface area contributed by atoms with Gasteiger partial charge in [-0.15, -0.1) is 0 Å². The van der Waals surface area contributed by atoms with Crippen molar-refractivity contribution in [3.8, 4) is 0 Å². The minimum absolute atomic E-state index is 0.747. The molecule has 58 valence electrons. The predicted octanol–water partition coefficient (Wildman–Crippen LogP) is 3.23. The molecule has 0 radical (unpaired) electrons. The Kier molecular flexibility index (Phi) is 1.69. The number of hydrogen-bond acceptors (Lipinski definition) is 0. The van der Waals surface area contributed by atoms with Gasteiger partial charge >= 0.3 is 0 Å². The molecular formula is C11H14. The van der Waals surface area contributed by atoms with Crippen LogP contribution in [0.5, 0.6) is 0 Å². The molecule has 0 aromatic rings. The normalized spacial score (nSPS) is 29.0. The van der Waals surface area contributed by atoms with E-state index in [-0.39, 0.29) is 0 Å². The van der Waals surface area contributed by atoms with Crippen LogP contribution in [-0.2, 0) is 0 Å². The summed E-state index contributed by atoms with van der Waals surface area (Å²) < 4.78 is 0. The summed E-state index contributed by atoms with van der Waals surface area (Å²) in [4.78, 5) is 0. The highest BCUT2D eigenvalue weighted by Crippen LogP contribution is 2.29. The van der Waals surface area contributed by atoms with E-state index in [9.17, 15) is 0 Å². The van der Waals surface area contributed by atoms with E-state index in [1.54, 1.807) is 11.1 Å². The zero-order valence-corrected chi connectivity index (χ0v) is 7.01. The van der Waals surface area contributed by atoms with Gasteiger partial charge in [-0.25, -0.2) is 0 Å². The van der Waals surface area contributed by atoms with Gasteiger partial charge in [0.15, 0.2) is 0 Å². The highest BCUT2D eigenvalue weighted by Gasteiger charge is 2.12. The van der Waals surface area contributed by atoms with E-state index in [2.05, 4.69) is 31.2 Å². The topological polar surface area (TPSA) is 0 Å². The number of allylic oxidation sites excluding steroid dienone is 6. The minimum Gasteiger partial charge on any atom is -0.0839 e. The summed E-state index contributed by atoms with van der Waals surface area (Å²) in [6.45, 7) is 2.28. The summed E-state index contributed by atoms with van der Waals surface area (Å²) in [5.74, 6) is 0.747. The van der Waals surface area contributed by atoms with Gasteiger partial charge in [-0.1, -0.05) is 31.2 Å². The molecule has 0 saturated heterocycles. The van der Waals surface area contributed by atoms with Gasteiger partial charge in [-0.05, 0) is 36.3 Å². The molecule has 0 N–H and O–H groups in total. The molecule has 1 atom stereocenters. The first kappa shape index (κ1) is 6.90. The second-order valence-electron chi connectivity index (χ2n) is 3.53. The van der Waals surface area contributed by atoms with Crippen LogP contribution in [0.4, 0.5) is 0 Å². The van der Waals surface area contributed by atoms with E-state index < -0.39 is 0 Å². The number of rotatable bonds is 0. The van der Waals surface area contributed by atoms with Gasteiger partial charge in [-0.2, -0.15) is 0 Å². The summed E-state index contributed by atoms with van der Waals surface area (Å²) in [5, 5.41) is 0. The van der Waals surface area contributed by atoms with E-state index >= 15 is 0 Å². The summed E-state index contributed by atoms with van der Waals surface area (Å²) in [7, 11) is 0. The van der Waals surface area contributed by atoms with Crippen molar-refractivity contribution in [2.45, 2.75) is 26.2 Å². The van der Waals surface area contributed by atoms with Crippen LogP contribution in [0.2, 0.25) is 0 Å². The Balaban J connectivity index is 2.27. The van der Waals surface area contributed by atoms with Crippen LogP contribution in [0.1, 0.15) is 26.2 Å². The third kappa shape index (κ3) is 1.30. The van der Waals surface area contributed by atoms with Crippen LogP contribution >= 0.6 is 0 Å². The number of hydrogen-bond donors (Lipinski definition) is 0. The standard InChI is InChI=1S/C11H14/c1-9-6-7-10-4-2-3-5-11(10)8-9/h3,5-7,9H,2,4,8H2,1H3. The fraction of sp³-hybridized carbons (Fsp3) is 0.455. The SMILES string of the molecule is CC1C=CC2=C(C=CCC2)C1. The third-order valence-electron chi connectivity index (χ3n) is 2.48. The van der Waals surface area contributed by atoms with Gasteiger partial charge in [-0.3, -0.25) is 0 Å². The van der Waals surface area contributed by atoms with Crippen LogP contribution in [0, 0.1) is 5.92 Å². The summed E-state index contributed by atoms with van der Waals surface area (Å²) >= 11 is 0. The molecule has 0 heterocycles. The van der Waals surface area contributed by atoms with Crippen molar-refractivity contribution in [2.24, 2.45) is 5.92 Å². The van der Waals surface area contributed by atoms with Crippen molar-refractivity contribution in [3.63, 3.8) is 0 Å². The Morgan fingerprint density at radius 3 is 3.09 bits per heavy atom. The average Bonchev–Trinajstić information content (AvgIpc) is 2.04. The van der Waals surface area contributed by atoms with Gasteiger partial charge in [0.05, 0.1) is 0 Å². The van der Waals surface area contributed by atoms with Crippen LogP contribution < -0.4 is 0 Å². The lowest BCUT2D eigenvalue weighted by Crippen LogP contribution is -2.02. The Hall–Kier alpha value is -0.780. The third-order valence-corrected chi connectivity index (χ3v) is 2.48. The lowest BCUT2D eigenvalue weighted by molar-refractivity contribution is 0.698. The maximum absolute atomic E-state index is 2.33. The fourth-order valence-corrected chi connectivity index (χ4v) is 1.82. The van der Waals surface area contributed by atoms with E-state index in [0.29, 0.717) is 0 Å². The van der Waals surface area contributed by atoms with Gasteiger partial charge in [0.25, 0.3) is 0 Å². The zero-order chi connectivity index (χ0) is 7.68. The molecule has 0 heteroatoms. The lowest BCUT2D eigenvalue weighted by atomic mass is 9.86. The first-order valence-corrected chi connectivity index (χ1v) is 4.43. The summed E-state index contributed by atoms with van der Waals surface area (Å²) in [6.07, 6.45) is 13.0. The first-order chi connectivity index (χ1) is 5.36. The van der Waals surface area contributed by atoms with Gasteiger partial charge < -0.3 is 0 Å². The van der Waals surface area contributed by atoms with Crippen LogP contribution in [-0.4, -0.2) is 0 Å². The minimum atomic E-state index is 0.747. The molecular weight excluding hydrogens is 132 g/mol. The largest absolute Gasteiger partial charge is 0.0839 e. The van der Waals surface area contributed by atoms with Crippen molar-refractivity contribution in [1.29, 1.82) is 0 Å². The molecule has 2 rings (SSSR count). The van der Waals surface area contributed by atoms with Gasteiger partial charge in [0.2, 0.25) is 0 Å². The van der Waals surface area contributed by atoms with E-state index in [1.807, 2.05) is 0 Å². The van der Waals surface area contributed by atoms with Crippen molar-refractivity contribution in [1.82, 2.24) is 0 Å². The molecule has 2 aliphatic carbocycles. The molecule has 0 fully saturated rings. The Labute approximate surface area is 68.3 Å². The summed E-state index contributed by atoms with van der Waals surface area (Å²) in [6, 6.07) is 0. The van der Waals surface area contributed by atoms with Crippen LogP contribution in [0.25, 0.3) is 0 Å². The van der Waals surface area contributed by atoms with Gasteiger partial charge in [0.1, 0.15) is 0 Å². The fourth-order valence-electron chi connectivity index (χ4n) is 1.82. The highest BCUT2D eigenvalue weighted by molar-refractivity contribution is 5.39. The highest BCUT2D eigenvalue weighted by atomic mass is 14.2. The van der Waals surface area contributed by atoms with Crippen LogP contribution in [0.15, 0.2) is 35.5 Å². The molecule has 1 unspecified atom stereocenters. The Morgan fingerprint density at radius 2 is 2.18 bits per heavy atom. The molecule has 0 aromatic carbocycles. The molecule has 0 aliphatic heterocycles. The molecule has 0 saturated carbocycles. The van der Waals surface area contributed by atoms with Crippen molar-refractivity contribution >= 4 is 0 Å². The maximum Gasteiger partial charge on any atom is -0.0216 e. The first-order valence-electron chi connectivity index (χ1n) is 4.43. The van der Waals surface area contributed by atoms with E-state index in [0.717, 1.165) is 5.92 Å². The molecule has 0 aromatic heterocycles. The Morgan fingerprint density at radius 1 is 1.27 bits per heavy atom. The molecule has 0 spiro atoms. The van der Waals surface area contributed by atoms with Crippen LogP contribution in [0.3, 0.4) is 0 Å². The molecule has 0 nitrogen and oxygen atoms in total. The second kappa shape index (κ2) is 2.69. The molecule has 11 heavy (non-hydrogen) atoms. The zero-order valence-electron chi connectivity index (χ0n) is 7.01. The molecule has 0 amide bonds. The second-order valence-corrected chi connectivity index (χ2v) is 3.53. The predicted molar refractivity (Wildman–Crippen MR) is 48.3 cm³/mol. The van der Waals surface area contributed by atoms with E-state index in [4.69, 9.17) is 0 Å². The van der Waals surface area contributed by atoms with Gasteiger partial charge in [0, 0.05) is 0 Å². The molecule has 2 aliphatic rings. The van der Waals surface area contributed by atoms with Crippen molar-refractivity contribution < 1.29 is 0 Å². The molecule has 0 bridgehead atoms. The van der Waals surface area contributed by atoms with Crippen molar-refractivity contribution in [3.05, 3.63) is 35.5 Å². The average molecular weight is 146 g/mol. The van der Waals surface area contributed by atoms with E-state index in [1.165, 1.54) is 19.3 Å². The monoisotopic (exact) mass is 146 g/mol. The summed E-state index contributed by atoms with van der Waals surface area (Å²) in [5.41, 5.74) is 3.15.